The molecule has 0 radical (unpaired) electrons. The molecular weight excluding hydrogens is 304 g/mol. The Balaban J connectivity index is 2.99. The normalized spacial score (nSPS) is 12.3. The second kappa shape index (κ2) is 7.32. The third-order valence-corrected chi connectivity index (χ3v) is 4.97. The van der Waals surface area contributed by atoms with E-state index in [4.69, 9.17) is 0 Å². The maximum Gasteiger partial charge on any atom is 0.328 e. The number of hydrogen-bond donors (Lipinski definition) is 0. The van der Waals surface area contributed by atoms with Crippen LogP contribution in [0.1, 0.15) is 59.4 Å². The minimum atomic E-state index is 0.118. The Bertz CT molecular complexity index is 428. The molecule has 0 bridgehead atoms. The summed E-state index contributed by atoms with van der Waals surface area (Å²) < 4.78 is 3.68. The lowest BCUT2D eigenvalue weighted by Crippen LogP contribution is -2.34. The molecule has 4 heteroatoms. The van der Waals surface area contributed by atoms with Crippen LogP contribution in [0.4, 0.5) is 0 Å². The molecule has 0 aliphatic carbocycles. The highest BCUT2D eigenvalue weighted by Gasteiger charge is 2.28. The summed E-state index contributed by atoms with van der Waals surface area (Å²) >= 11 is 3.67. The van der Waals surface area contributed by atoms with Crippen molar-refractivity contribution >= 4 is 15.9 Å². The summed E-state index contributed by atoms with van der Waals surface area (Å²) in [6.45, 7) is 9.34. The number of alkyl halides is 1. The van der Waals surface area contributed by atoms with E-state index in [-0.39, 0.29) is 17.1 Å². The van der Waals surface area contributed by atoms with Crippen LogP contribution in [0.2, 0.25) is 0 Å². The maximum absolute atomic E-state index is 12.3. The van der Waals surface area contributed by atoms with E-state index in [9.17, 15) is 4.79 Å². The van der Waals surface area contributed by atoms with Gasteiger partial charge in [0, 0.05) is 30.3 Å². The molecule has 1 aromatic heterocycles. The molecule has 3 nitrogen and oxygen atoms in total. The highest BCUT2D eigenvalue weighted by molar-refractivity contribution is 9.09. The standard InChI is InChI=1S/C15H27BrN2O/c1-5-7-15(11-16,8-6-2)12-17-9-10-18(13(3)4)14(17)19/h9-10,13H,5-8,11-12H2,1-4H3. The van der Waals surface area contributed by atoms with E-state index < -0.39 is 0 Å². The zero-order valence-electron chi connectivity index (χ0n) is 12.7. The van der Waals surface area contributed by atoms with Crippen molar-refractivity contribution in [2.24, 2.45) is 5.41 Å². The lowest BCUT2D eigenvalue weighted by atomic mass is 9.81. The molecule has 0 unspecified atom stereocenters. The maximum atomic E-state index is 12.3. The molecule has 1 rings (SSSR count). The van der Waals surface area contributed by atoms with Crippen LogP contribution in [0.3, 0.4) is 0 Å². The Morgan fingerprint density at radius 3 is 2.16 bits per heavy atom. The molecule has 0 amide bonds. The Hall–Kier alpha value is -0.510. The summed E-state index contributed by atoms with van der Waals surface area (Å²) in [5, 5.41) is 0.959. The highest BCUT2D eigenvalue weighted by Crippen LogP contribution is 2.33. The van der Waals surface area contributed by atoms with Crippen molar-refractivity contribution in [2.45, 2.75) is 66.0 Å². The molecule has 0 aliphatic heterocycles. The SMILES string of the molecule is CCCC(CBr)(CCC)Cn1ccn(C(C)C)c1=O. The monoisotopic (exact) mass is 330 g/mol. The number of imidazole rings is 1. The zero-order valence-corrected chi connectivity index (χ0v) is 14.2. The van der Waals surface area contributed by atoms with Crippen molar-refractivity contribution in [1.82, 2.24) is 9.13 Å². The first-order valence-corrected chi connectivity index (χ1v) is 8.45. The lowest BCUT2D eigenvalue weighted by Gasteiger charge is -2.31. The van der Waals surface area contributed by atoms with Gasteiger partial charge in [0.2, 0.25) is 0 Å². The molecule has 1 heterocycles. The summed E-state index contributed by atoms with van der Waals surface area (Å²) in [5.74, 6) is 0. The van der Waals surface area contributed by atoms with Gasteiger partial charge in [-0.05, 0) is 32.1 Å². The van der Waals surface area contributed by atoms with Gasteiger partial charge in [-0.3, -0.25) is 9.13 Å². The summed E-state index contributed by atoms with van der Waals surface area (Å²) in [6, 6.07) is 0.226. The van der Waals surface area contributed by atoms with Crippen molar-refractivity contribution in [1.29, 1.82) is 0 Å². The van der Waals surface area contributed by atoms with Gasteiger partial charge in [0.25, 0.3) is 0 Å². The van der Waals surface area contributed by atoms with Crippen LogP contribution in [-0.4, -0.2) is 14.5 Å². The average Bonchev–Trinajstić information content (AvgIpc) is 2.71. The van der Waals surface area contributed by atoms with Crippen LogP contribution in [0.5, 0.6) is 0 Å². The van der Waals surface area contributed by atoms with E-state index >= 15 is 0 Å². The first-order valence-electron chi connectivity index (χ1n) is 7.33. The number of rotatable bonds is 8. The fourth-order valence-electron chi connectivity index (χ4n) is 2.82. The number of halogens is 1. The Morgan fingerprint density at radius 1 is 1.21 bits per heavy atom. The van der Waals surface area contributed by atoms with E-state index in [0.717, 1.165) is 37.6 Å². The predicted molar refractivity (Wildman–Crippen MR) is 85.1 cm³/mol. The molecule has 19 heavy (non-hydrogen) atoms. The second-order valence-corrected chi connectivity index (χ2v) is 6.40. The van der Waals surface area contributed by atoms with Crippen molar-refractivity contribution in [3.8, 4) is 0 Å². The summed E-state index contributed by atoms with van der Waals surface area (Å²) in [5.41, 5.74) is 0.323. The van der Waals surface area contributed by atoms with Crippen LogP contribution < -0.4 is 5.69 Å². The van der Waals surface area contributed by atoms with Gasteiger partial charge in [0.15, 0.2) is 0 Å². The molecule has 0 spiro atoms. The first-order chi connectivity index (χ1) is 8.99. The van der Waals surface area contributed by atoms with Gasteiger partial charge in [-0.25, -0.2) is 4.79 Å². The topological polar surface area (TPSA) is 26.9 Å². The van der Waals surface area contributed by atoms with Gasteiger partial charge in [0.05, 0.1) is 0 Å². The van der Waals surface area contributed by atoms with E-state index in [1.54, 1.807) is 4.57 Å². The summed E-state index contributed by atoms with van der Waals surface area (Å²) in [4.78, 5) is 12.3. The van der Waals surface area contributed by atoms with Crippen LogP contribution in [-0.2, 0) is 6.54 Å². The highest BCUT2D eigenvalue weighted by atomic mass is 79.9. The van der Waals surface area contributed by atoms with Crippen molar-refractivity contribution in [2.75, 3.05) is 5.33 Å². The number of aromatic nitrogens is 2. The number of nitrogens with zero attached hydrogens (tertiary/aromatic N) is 2. The third kappa shape index (κ3) is 3.98. The van der Waals surface area contributed by atoms with Gasteiger partial charge in [-0.2, -0.15) is 0 Å². The van der Waals surface area contributed by atoms with E-state index in [0.29, 0.717) is 0 Å². The van der Waals surface area contributed by atoms with Gasteiger partial charge >= 0.3 is 5.69 Å². The third-order valence-electron chi connectivity index (χ3n) is 3.78. The Kier molecular flexibility index (Phi) is 6.37. The molecule has 0 saturated heterocycles. The van der Waals surface area contributed by atoms with Gasteiger partial charge in [-0.15, -0.1) is 0 Å². The summed E-state index contributed by atoms with van der Waals surface area (Å²) in [7, 11) is 0. The molecule has 0 fully saturated rings. The van der Waals surface area contributed by atoms with Gasteiger partial charge < -0.3 is 0 Å². The molecular formula is C15H27BrN2O. The minimum Gasteiger partial charge on any atom is -0.299 e. The molecule has 0 N–H and O–H groups in total. The number of hydrogen-bond acceptors (Lipinski definition) is 1. The van der Waals surface area contributed by atoms with Crippen molar-refractivity contribution in [3.63, 3.8) is 0 Å². The second-order valence-electron chi connectivity index (χ2n) is 5.84. The zero-order chi connectivity index (χ0) is 14.5. The van der Waals surface area contributed by atoms with Gasteiger partial charge in [0.1, 0.15) is 0 Å². The molecule has 1 aromatic rings. The van der Waals surface area contributed by atoms with E-state index in [1.165, 1.54) is 0 Å². The van der Waals surface area contributed by atoms with Crippen LogP contribution in [0.25, 0.3) is 0 Å². The minimum absolute atomic E-state index is 0.118. The smallest absolute Gasteiger partial charge is 0.299 e. The molecule has 0 atom stereocenters. The fraction of sp³-hybridized carbons (Fsp3) is 0.800. The molecule has 0 saturated carbocycles. The summed E-state index contributed by atoms with van der Waals surface area (Å²) in [6.07, 6.45) is 8.47. The fourth-order valence-corrected chi connectivity index (χ4v) is 3.56. The van der Waals surface area contributed by atoms with E-state index in [1.807, 2.05) is 30.8 Å². The van der Waals surface area contributed by atoms with Crippen LogP contribution >= 0.6 is 15.9 Å². The average molecular weight is 331 g/mol. The lowest BCUT2D eigenvalue weighted by molar-refractivity contribution is 0.229. The Morgan fingerprint density at radius 2 is 1.79 bits per heavy atom. The van der Waals surface area contributed by atoms with Crippen molar-refractivity contribution < 1.29 is 0 Å². The van der Waals surface area contributed by atoms with E-state index in [2.05, 4.69) is 29.8 Å². The van der Waals surface area contributed by atoms with Crippen LogP contribution in [0, 0.1) is 5.41 Å². The van der Waals surface area contributed by atoms with Gasteiger partial charge in [-0.1, -0.05) is 42.6 Å². The van der Waals surface area contributed by atoms with Crippen molar-refractivity contribution in [3.05, 3.63) is 22.9 Å². The Labute approximate surface area is 125 Å². The molecule has 0 aliphatic rings. The molecule has 0 aromatic carbocycles. The van der Waals surface area contributed by atoms with Crippen LogP contribution in [0.15, 0.2) is 17.2 Å². The molecule has 110 valence electrons. The largest absolute Gasteiger partial charge is 0.328 e. The first kappa shape index (κ1) is 16.5. The predicted octanol–water partition coefficient (Wildman–Crippen LogP) is 4.21. The quantitative estimate of drug-likeness (QED) is 0.656.